The van der Waals surface area contributed by atoms with E-state index in [4.69, 9.17) is 0 Å². The second-order valence-corrected chi connectivity index (χ2v) is 1.82. The first-order chi connectivity index (χ1) is 4.41. The van der Waals surface area contributed by atoms with Gasteiger partial charge in [-0.3, -0.25) is 0 Å². The van der Waals surface area contributed by atoms with Gasteiger partial charge in [0.1, 0.15) is 0 Å². The van der Waals surface area contributed by atoms with Gasteiger partial charge in [-0.05, 0) is 0 Å². The largest absolute Gasteiger partial charge is 3.00 e. The molecule has 0 heterocycles. The molecular formula is C9H14I3Ti-2. The fourth-order valence-electron chi connectivity index (χ4n) is 0.321. The summed E-state index contributed by atoms with van der Waals surface area (Å²) in [5, 5.41) is 0. The van der Waals surface area contributed by atoms with Gasteiger partial charge in [0.25, 0.3) is 0 Å². The molecule has 13 heavy (non-hydrogen) atoms. The Balaban J connectivity index is -0.0000000256. The second kappa shape index (κ2) is 29.2. The Kier molecular flexibility index (Phi) is 66.3. The summed E-state index contributed by atoms with van der Waals surface area (Å²) in [6.45, 7) is 5.72. The molecule has 4 heteroatoms. The van der Waals surface area contributed by atoms with Crippen LogP contribution in [0.25, 0.3) is 0 Å². The summed E-state index contributed by atoms with van der Waals surface area (Å²) in [5.74, 6) is 0. The molecule has 0 aliphatic carbocycles. The summed E-state index contributed by atoms with van der Waals surface area (Å²) in [7, 11) is 0. The second-order valence-electron chi connectivity index (χ2n) is 1.82. The van der Waals surface area contributed by atoms with Crippen molar-refractivity contribution in [2.75, 3.05) is 0 Å². The summed E-state index contributed by atoms with van der Waals surface area (Å²) in [4.78, 5) is 0. The number of rotatable bonds is 1. The van der Waals surface area contributed by atoms with Crippen molar-refractivity contribution in [1.29, 1.82) is 0 Å². The number of hydrogen-bond acceptors (Lipinski definition) is 0. The first-order valence-corrected chi connectivity index (χ1v) is 3.37. The van der Waals surface area contributed by atoms with E-state index in [1.54, 1.807) is 0 Å². The van der Waals surface area contributed by atoms with Crippen LogP contribution in [0.1, 0.15) is 19.8 Å². The maximum atomic E-state index is 3.60. The van der Waals surface area contributed by atoms with Gasteiger partial charge in [-0.1, -0.05) is 13.3 Å². The number of hydrogen-bond donors (Lipinski definition) is 0. The van der Waals surface area contributed by atoms with Gasteiger partial charge >= 0.3 is 21.7 Å². The maximum absolute atomic E-state index is 3.60. The molecule has 0 unspecified atom stereocenters. The molecule has 0 saturated heterocycles. The van der Waals surface area contributed by atoms with Gasteiger partial charge < -0.3 is 78.9 Å². The normalized spacial score (nSPS) is 5.38. The smallest absolute Gasteiger partial charge is 1.00 e. The Labute approximate surface area is 148 Å². The van der Waals surface area contributed by atoms with Gasteiger partial charge in [0.2, 0.25) is 0 Å². The minimum absolute atomic E-state index is 0. The van der Waals surface area contributed by atoms with Gasteiger partial charge in [-0.25, -0.2) is 12.1 Å². The molecule has 0 aliphatic heterocycles. The SMILES string of the molecule is [CH2-]CCC.[I-].[I-].[I-].[Ti+3].c1cc[cH-]c1. The van der Waals surface area contributed by atoms with E-state index in [9.17, 15) is 0 Å². The van der Waals surface area contributed by atoms with E-state index in [1.165, 1.54) is 6.42 Å². The van der Waals surface area contributed by atoms with Crippen molar-refractivity contribution in [3.63, 3.8) is 0 Å². The Morgan fingerprint density at radius 1 is 1.08 bits per heavy atom. The first-order valence-electron chi connectivity index (χ1n) is 3.37. The molecule has 0 nitrogen and oxygen atoms in total. The minimum Gasteiger partial charge on any atom is -1.00 e. The summed E-state index contributed by atoms with van der Waals surface area (Å²) in [5.41, 5.74) is 0. The minimum atomic E-state index is 0. The van der Waals surface area contributed by atoms with Crippen LogP contribution < -0.4 is 71.9 Å². The van der Waals surface area contributed by atoms with Crippen molar-refractivity contribution in [3.8, 4) is 0 Å². The molecule has 0 amide bonds. The zero-order valence-corrected chi connectivity index (χ0v) is 15.7. The summed E-state index contributed by atoms with van der Waals surface area (Å²) in [6.07, 6.45) is 2.28. The van der Waals surface area contributed by atoms with Crippen LogP contribution in [0.2, 0.25) is 0 Å². The zero-order valence-electron chi connectivity index (χ0n) is 7.64. The van der Waals surface area contributed by atoms with E-state index in [1.807, 2.05) is 30.3 Å². The molecule has 0 spiro atoms. The van der Waals surface area contributed by atoms with Gasteiger partial charge in [0.05, 0.1) is 0 Å². The Morgan fingerprint density at radius 2 is 1.38 bits per heavy atom. The van der Waals surface area contributed by atoms with E-state index in [0.29, 0.717) is 0 Å². The fraction of sp³-hybridized carbons (Fsp3) is 0.333. The van der Waals surface area contributed by atoms with Crippen molar-refractivity contribution < 1.29 is 93.6 Å². The zero-order chi connectivity index (χ0) is 6.95. The molecule has 0 aliphatic rings. The van der Waals surface area contributed by atoms with E-state index in [0.717, 1.165) is 6.42 Å². The van der Waals surface area contributed by atoms with E-state index >= 15 is 0 Å². The van der Waals surface area contributed by atoms with Gasteiger partial charge in [-0.2, -0.15) is 24.6 Å². The molecule has 1 aromatic carbocycles. The molecule has 0 aromatic heterocycles. The predicted octanol–water partition coefficient (Wildman–Crippen LogP) is -5.96. The van der Waals surface area contributed by atoms with Gasteiger partial charge in [-0.15, -0.1) is 0 Å². The van der Waals surface area contributed by atoms with Crippen LogP contribution in [0.5, 0.6) is 0 Å². The van der Waals surface area contributed by atoms with Crippen molar-refractivity contribution in [2.24, 2.45) is 0 Å². The van der Waals surface area contributed by atoms with Crippen molar-refractivity contribution in [3.05, 3.63) is 37.3 Å². The quantitative estimate of drug-likeness (QED) is 0.186. The van der Waals surface area contributed by atoms with Crippen LogP contribution in [-0.2, 0) is 21.7 Å². The topological polar surface area (TPSA) is 0 Å². The van der Waals surface area contributed by atoms with Crippen LogP contribution in [0.3, 0.4) is 0 Å². The molecule has 0 bridgehead atoms. The van der Waals surface area contributed by atoms with E-state index < -0.39 is 0 Å². The fourth-order valence-corrected chi connectivity index (χ4v) is 0.321. The number of unbranched alkanes of at least 4 members (excludes halogenated alkanes) is 1. The van der Waals surface area contributed by atoms with Gasteiger partial charge in [0, 0.05) is 0 Å². The third-order valence-corrected chi connectivity index (χ3v) is 0.909. The van der Waals surface area contributed by atoms with E-state index in [2.05, 4.69) is 13.8 Å². The first kappa shape index (κ1) is 29.5. The third kappa shape index (κ3) is 31.4. The standard InChI is InChI=1S/C5H5.C4H9.3HI.Ti/c1-2-4-5-3-1;1-3-4-2;;;;/h1-5H;1,3-4H2,2H3;3*1H;/q2*-1;;;;+3/p-3. The molecule has 0 fully saturated rings. The molecule has 0 N–H and O–H groups in total. The maximum Gasteiger partial charge on any atom is 3.00 e. The average Bonchev–Trinajstić information content (AvgIpc) is 2.43. The van der Waals surface area contributed by atoms with Crippen LogP contribution in [0, 0.1) is 6.92 Å². The van der Waals surface area contributed by atoms with Crippen LogP contribution in [0.15, 0.2) is 30.3 Å². The Bertz CT molecular complexity index is 90.4. The summed E-state index contributed by atoms with van der Waals surface area (Å²) < 4.78 is 0. The van der Waals surface area contributed by atoms with E-state index in [-0.39, 0.29) is 93.6 Å². The molecule has 1 radical (unpaired) electrons. The van der Waals surface area contributed by atoms with Crippen LogP contribution in [-0.4, -0.2) is 0 Å². The molecule has 1 rings (SSSR count). The van der Waals surface area contributed by atoms with Crippen LogP contribution >= 0.6 is 0 Å². The summed E-state index contributed by atoms with van der Waals surface area (Å²) in [6, 6.07) is 10.0. The summed E-state index contributed by atoms with van der Waals surface area (Å²) >= 11 is 0. The molecular weight excluding hydrogens is 537 g/mol. The number of halogens is 3. The van der Waals surface area contributed by atoms with Crippen LogP contribution in [0.4, 0.5) is 0 Å². The van der Waals surface area contributed by atoms with Crippen molar-refractivity contribution in [1.82, 2.24) is 0 Å². The van der Waals surface area contributed by atoms with Crippen molar-refractivity contribution in [2.45, 2.75) is 19.8 Å². The monoisotopic (exact) mass is 551 g/mol. The molecule has 0 atom stereocenters. The molecule has 77 valence electrons. The van der Waals surface area contributed by atoms with Gasteiger partial charge in [0.15, 0.2) is 0 Å². The Morgan fingerprint density at radius 3 is 1.46 bits per heavy atom. The molecule has 0 saturated carbocycles. The molecule has 1 aromatic rings. The predicted molar refractivity (Wildman–Crippen MR) is 42.3 cm³/mol. The average molecular weight is 551 g/mol. The van der Waals surface area contributed by atoms with Crippen molar-refractivity contribution >= 4 is 0 Å². The Hall–Kier alpha value is 2.25. The third-order valence-electron chi connectivity index (χ3n) is 0.909.